The molecule has 1 saturated heterocycles. The maximum absolute atomic E-state index is 13.2. The smallest absolute Gasteiger partial charge is 0.282 e. The van der Waals surface area contributed by atoms with Crippen LogP contribution in [0.5, 0.6) is 0 Å². The van der Waals surface area contributed by atoms with Gasteiger partial charge < -0.3 is 9.88 Å². The van der Waals surface area contributed by atoms with Crippen molar-refractivity contribution in [3.05, 3.63) is 52.7 Å². The Morgan fingerprint density at radius 2 is 2.03 bits per heavy atom. The molecule has 1 fully saturated rings. The lowest BCUT2D eigenvalue weighted by molar-refractivity contribution is -0.113. The number of Topliss-reactive ketones (excluding diaryl/α,β-unsaturated/α-hetero) is 1. The van der Waals surface area contributed by atoms with E-state index in [9.17, 15) is 18.0 Å². The second-order valence-electron chi connectivity index (χ2n) is 8.03. The number of fused-ring (bicyclic) bond motifs is 1. The van der Waals surface area contributed by atoms with Crippen LogP contribution < -0.4 is 10.0 Å². The van der Waals surface area contributed by atoms with E-state index >= 15 is 0 Å². The van der Waals surface area contributed by atoms with E-state index in [1.54, 1.807) is 30.4 Å². The Hall–Kier alpha value is -2.42. The van der Waals surface area contributed by atoms with Gasteiger partial charge in [-0.2, -0.15) is 0 Å². The number of hydrogen-bond acceptors (Lipinski definition) is 5. The number of allylic oxidation sites excluding steroid dienone is 4. The molecule has 0 radical (unpaired) electrons. The molecular formula is C22H24ClN3O4S. The number of benzene rings is 1. The zero-order valence-corrected chi connectivity index (χ0v) is 18.7. The highest BCUT2D eigenvalue weighted by atomic mass is 35.5. The highest BCUT2D eigenvalue weighted by molar-refractivity contribution is 7.89. The van der Waals surface area contributed by atoms with Crippen LogP contribution in [0.2, 0.25) is 5.02 Å². The van der Waals surface area contributed by atoms with E-state index in [2.05, 4.69) is 10.0 Å². The summed E-state index contributed by atoms with van der Waals surface area (Å²) in [4.78, 5) is 26.0. The zero-order chi connectivity index (χ0) is 22.2. The lowest BCUT2D eigenvalue weighted by atomic mass is 9.93. The van der Waals surface area contributed by atoms with Gasteiger partial charge in [0, 0.05) is 40.0 Å². The fourth-order valence-corrected chi connectivity index (χ4v) is 4.93. The molecule has 2 aliphatic rings. The minimum absolute atomic E-state index is 0.128. The number of rotatable bonds is 5. The molecule has 0 saturated carbocycles. The Balaban J connectivity index is 1.98. The molecule has 0 bridgehead atoms. The van der Waals surface area contributed by atoms with Crippen molar-refractivity contribution >= 4 is 49.8 Å². The predicted molar refractivity (Wildman–Crippen MR) is 122 cm³/mol. The van der Waals surface area contributed by atoms with E-state index in [1.807, 2.05) is 10.6 Å². The SMILES string of the molecule is CS(=O)(=O)NC(=O)c1c(C2=CC=CCC2=O)c2cc(Cl)ccc2n1CC1CCNCC1. The van der Waals surface area contributed by atoms with Gasteiger partial charge in [0.15, 0.2) is 5.78 Å². The maximum Gasteiger partial charge on any atom is 0.282 e. The largest absolute Gasteiger partial charge is 0.336 e. The molecule has 7 nitrogen and oxygen atoms in total. The van der Waals surface area contributed by atoms with Crippen molar-refractivity contribution in [2.45, 2.75) is 25.8 Å². The minimum Gasteiger partial charge on any atom is -0.336 e. The summed E-state index contributed by atoms with van der Waals surface area (Å²) >= 11 is 6.27. The van der Waals surface area contributed by atoms with Gasteiger partial charge in [-0.25, -0.2) is 13.1 Å². The summed E-state index contributed by atoms with van der Waals surface area (Å²) in [5, 5.41) is 4.47. The van der Waals surface area contributed by atoms with Crippen molar-refractivity contribution in [1.29, 1.82) is 0 Å². The third kappa shape index (κ3) is 4.61. The number of hydrogen-bond donors (Lipinski definition) is 2. The molecule has 2 aromatic rings. The summed E-state index contributed by atoms with van der Waals surface area (Å²) in [5.41, 5.74) is 1.75. The molecule has 0 atom stereocenters. The summed E-state index contributed by atoms with van der Waals surface area (Å²) in [6.45, 7) is 2.33. The average Bonchev–Trinajstić information content (AvgIpc) is 3.01. The number of carbonyl (C=O) groups is 2. The first-order valence-electron chi connectivity index (χ1n) is 10.2. The van der Waals surface area contributed by atoms with Gasteiger partial charge in [-0.05, 0) is 50.0 Å². The molecule has 4 rings (SSSR count). The highest BCUT2D eigenvalue weighted by Gasteiger charge is 2.30. The molecule has 1 amide bonds. The number of sulfonamides is 1. The van der Waals surface area contributed by atoms with Crippen molar-refractivity contribution in [3.8, 4) is 0 Å². The van der Waals surface area contributed by atoms with Crippen LogP contribution in [0.3, 0.4) is 0 Å². The molecule has 1 aromatic carbocycles. The second kappa shape index (κ2) is 8.61. The molecule has 9 heteroatoms. The summed E-state index contributed by atoms with van der Waals surface area (Å²) in [7, 11) is -3.80. The molecule has 0 spiro atoms. The van der Waals surface area contributed by atoms with E-state index in [-0.39, 0.29) is 17.9 Å². The molecule has 0 unspecified atom stereocenters. The Bertz CT molecular complexity index is 1220. The Kier molecular flexibility index (Phi) is 6.05. The van der Waals surface area contributed by atoms with E-state index in [4.69, 9.17) is 11.6 Å². The van der Waals surface area contributed by atoms with Gasteiger partial charge in [0.25, 0.3) is 5.91 Å². The lowest BCUT2D eigenvalue weighted by Gasteiger charge is -2.24. The molecule has 164 valence electrons. The van der Waals surface area contributed by atoms with Crippen LogP contribution in [0.15, 0.2) is 36.4 Å². The second-order valence-corrected chi connectivity index (χ2v) is 10.2. The molecule has 1 aromatic heterocycles. The summed E-state index contributed by atoms with van der Waals surface area (Å²) in [6.07, 6.45) is 8.25. The number of carbonyl (C=O) groups excluding carboxylic acids is 2. The van der Waals surface area contributed by atoms with Gasteiger partial charge in [0.2, 0.25) is 10.0 Å². The standard InChI is InChI=1S/C22H24ClN3O4S/c1-31(29,30)25-22(28)21-20(16-4-2-3-5-19(16)27)17-12-15(23)6-7-18(17)26(21)13-14-8-10-24-11-9-14/h2-4,6-7,12,14,24H,5,8-11,13H2,1H3,(H,25,28). The van der Waals surface area contributed by atoms with E-state index in [0.717, 1.165) is 37.7 Å². The van der Waals surface area contributed by atoms with E-state index < -0.39 is 15.9 Å². The first kappa shape index (κ1) is 21.8. The van der Waals surface area contributed by atoms with Gasteiger partial charge in [0.05, 0.1) is 6.26 Å². The van der Waals surface area contributed by atoms with Gasteiger partial charge >= 0.3 is 0 Å². The van der Waals surface area contributed by atoms with Gasteiger partial charge in [-0.1, -0.05) is 29.8 Å². The maximum atomic E-state index is 13.2. The number of piperidine rings is 1. The Morgan fingerprint density at radius 1 is 1.29 bits per heavy atom. The van der Waals surface area contributed by atoms with Crippen LogP contribution in [0.4, 0.5) is 0 Å². The molecule has 2 N–H and O–H groups in total. The molecular weight excluding hydrogens is 438 g/mol. The first-order chi connectivity index (χ1) is 14.7. The molecule has 31 heavy (non-hydrogen) atoms. The number of ketones is 1. The van der Waals surface area contributed by atoms with Crippen LogP contribution in [0, 0.1) is 5.92 Å². The van der Waals surface area contributed by atoms with Crippen molar-refractivity contribution in [2.75, 3.05) is 19.3 Å². The molecule has 1 aliphatic heterocycles. The van der Waals surface area contributed by atoms with E-state index in [1.165, 1.54) is 0 Å². The lowest BCUT2D eigenvalue weighted by Crippen LogP contribution is -2.34. The van der Waals surface area contributed by atoms with Crippen molar-refractivity contribution in [1.82, 2.24) is 14.6 Å². The fourth-order valence-electron chi connectivity index (χ4n) is 4.33. The van der Waals surface area contributed by atoms with Crippen molar-refractivity contribution in [3.63, 3.8) is 0 Å². The number of aromatic nitrogens is 1. The third-order valence-electron chi connectivity index (χ3n) is 5.69. The predicted octanol–water partition coefficient (Wildman–Crippen LogP) is 2.90. The Labute approximate surface area is 186 Å². The average molecular weight is 462 g/mol. The number of amides is 1. The van der Waals surface area contributed by atoms with Crippen LogP contribution in [0.1, 0.15) is 35.3 Å². The van der Waals surface area contributed by atoms with E-state index in [0.29, 0.717) is 34.0 Å². The highest BCUT2D eigenvalue weighted by Crippen LogP contribution is 2.36. The minimum atomic E-state index is -3.80. The van der Waals surface area contributed by atoms with Crippen LogP contribution in [-0.2, 0) is 21.4 Å². The fraction of sp³-hybridized carbons (Fsp3) is 0.364. The number of halogens is 1. The van der Waals surface area contributed by atoms with Crippen LogP contribution in [-0.4, -0.2) is 44.0 Å². The first-order valence-corrected chi connectivity index (χ1v) is 12.5. The number of nitrogens with zero attached hydrogens (tertiary/aromatic N) is 1. The van der Waals surface area contributed by atoms with Crippen molar-refractivity contribution < 1.29 is 18.0 Å². The van der Waals surface area contributed by atoms with Gasteiger partial charge in [0.1, 0.15) is 5.69 Å². The molecule has 2 heterocycles. The monoisotopic (exact) mass is 461 g/mol. The zero-order valence-electron chi connectivity index (χ0n) is 17.2. The summed E-state index contributed by atoms with van der Waals surface area (Å²) in [6, 6.07) is 5.29. The Morgan fingerprint density at radius 3 is 2.71 bits per heavy atom. The van der Waals surface area contributed by atoms with Gasteiger partial charge in [-0.15, -0.1) is 0 Å². The normalized spacial score (nSPS) is 17.7. The van der Waals surface area contributed by atoms with Crippen LogP contribution in [0.25, 0.3) is 16.5 Å². The summed E-state index contributed by atoms with van der Waals surface area (Å²) in [5.74, 6) is -0.556. The topological polar surface area (TPSA) is 97.3 Å². The van der Waals surface area contributed by atoms with Gasteiger partial charge in [-0.3, -0.25) is 9.59 Å². The number of nitrogens with one attached hydrogen (secondary N) is 2. The molecule has 1 aliphatic carbocycles. The summed E-state index contributed by atoms with van der Waals surface area (Å²) < 4.78 is 27.7. The van der Waals surface area contributed by atoms with Crippen molar-refractivity contribution in [2.24, 2.45) is 5.92 Å². The third-order valence-corrected chi connectivity index (χ3v) is 6.48. The van der Waals surface area contributed by atoms with Crippen LogP contribution >= 0.6 is 11.6 Å². The quantitative estimate of drug-likeness (QED) is 0.713.